The molecule has 3 N–H and O–H groups in total. The van der Waals surface area contributed by atoms with E-state index in [9.17, 15) is 4.79 Å². The zero-order chi connectivity index (χ0) is 19.8. The van der Waals surface area contributed by atoms with Crippen LogP contribution in [0.4, 0.5) is 5.69 Å². The smallest absolute Gasteiger partial charge is 0.242 e. The van der Waals surface area contributed by atoms with E-state index in [4.69, 9.17) is 4.74 Å². The van der Waals surface area contributed by atoms with Crippen LogP contribution < -0.4 is 20.7 Å². The second-order valence-electron chi connectivity index (χ2n) is 7.08. The molecule has 7 heteroatoms. The highest BCUT2D eigenvalue weighted by Gasteiger charge is 2.22. The molecule has 1 aromatic carbocycles. The van der Waals surface area contributed by atoms with Gasteiger partial charge in [-0.15, -0.1) is 11.3 Å². The molecule has 1 aliphatic carbocycles. The van der Waals surface area contributed by atoms with E-state index >= 15 is 0 Å². The summed E-state index contributed by atoms with van der Waals surface area (Å²) in [4.78, 5) is 17.7. The Bertz CT molecular complexity index is 768. The highest BCUT2D eigenvalue weighted by molar-refractivity contribution is 7.09. The summed E-state index contributed by atoms with van der Waals surface area (Å²) >= 11 is 1.74. The van der Waals surface area contributed by atoms with E-state index in [1.807, 2.05) is 38.1 Å². The van der Waals surface area contributed by atoms with Crippen molar-refractivity contribution in [3.63, 3.8) is 0 Å². The lowest BCUT2D eigenvalue weighted by Gasteiger charge is -2.14. The lowest BCUT2D eigenvalue weighted by molar-refractivity contribution is -0.119. The van der Waals surface area contributed by atoms with Crippen molar-refractivity contribution in [3.8, 4) is 5.75 Å². The number of carbonyl (C=O) groups is 1. The minimum absolute atomic E-state index is 0.0393. The molecule has 1 amide bonds. The van der Waals surface area contributed by atoms with Gasteiger partial charge < -0.3 is 20.7 Å². The maximum atomic E-state index is 12.0. The standard InChI is InChI=1S/C21H28N4O2S/c1-15(2)27-18-9-7-17(8-10-18)25-21(22-12-11-19-4-3-13-28-19)23-14-20(26)24-16-5-6-16/h3-4,7-10,13,15-16H,5-6,11-12,14H2,1-2H3,(H,24,26)(H2,22,23,25). The van der Waals surface area contributed by atoms with E-state index in [1.165, 1.54) is 4.88 Å². The molecule has 1 aliphatic rings. The lowest BCUT2D eigenvalue weighted by Crippen LogP contribution is -2.34. The third kappa shape index (κ3) is 7.23. The molecule has 1 fully saturated rings. The van der Waals surface area contributed by atoms with Gasteiger partial charge in [0.2, 0.25) is 5.91 Å². The molecule has 0 unspecified atom stereocenters. The summed E-state index contributed by atoms with van der Waals surface area (Å²) in [6, 6.07) is 12.2. The van der Waals surface area contributed by atoms with Gasteiger partial charge in [0.25, 0.3) is 0 Å². The molecular weight excluding hydrogens is 372 g/mol. The number of hydrogen-bond acceptors (Lipinski definition) is 4. The first-order chi connectivity index (χ1) is 13.6. The monoisotopic (exact) mass is 400 g/mol. The maximum absolute atomic E-state index is 12.0. The average Bonchev–Trinajstić information content (AvgIpc) is 3.32. The minimum atomic E-state index is -0.0393. The number of amides is 1. The third-order valence-electron chi connectivity index (χ3n) is 4.06. The van der Waals surface area contributed by atoms with Crippen LogP contribution in [0.25, 0.3) is 0 Å². The fourth-order valence-electron chi connectivity index (χ4n) is 2.58. The van der Waals surface area contributed by atoms with E-state index in [1.54, 1.807) is 11.3 Å². The highest BCUT2D eigenvalue weighted by atomic mass is 32.1. The predicted molar refractivity (Wildman–Crippen MR) is 115 cm³/mol. The van der Waals surface area contributed by atoms with Gasteiger partial charge in [-0.05, 0) is 68.8 Å². The Labute approximate surface area is 170 Å². The first kappa shape index (κ1) is 20.2. The number of rotatable bonds is 9. The van der Waals surface area contributed by atoms with E-state index in [0.29, 0.717) is 12.0 Å². The number of hydrogen-bond donors (Lipinski definition) is 3. The summed E-state index contributed by atoms with van der Waals surface area (Å²) in [6.45, 7) is 4.85. The van der Waals surface area contributed by atoms with Gasteiger partial charge in [-0.25, -0.2) is 4.99 Å². The summed E-state index contributed by atoms with van der Waals surface area (Å²) in [5, 5.41) is 11.6. The molecule has 1 saturated carbocycles. The van der Waals surface area contributed by atoms with Crippen molar-refractivity contribution in [2.45, 2.75) is 45.3 Å². The number of anilines is 1. The molecule has 3 rings (SSSR count). The van der Waals surface area contributed by atoms with E-state index in [-0.39, 0.29) is 18.6 Å². The first-order valence-electron chi connectivity index (χ1n) is 9.72. The number of nitrogens with one attached hydrogen (secondary N) is 3. The van der Waals surface area contributed by atoms with Gasteiger partial charge >= 0.3 is 0 Å². The Balaban J connectivity index is 1.57. The van der Waals surface area contributed by atoms with Crippen LogP contribution in [0, 0.1) is 0 Å². The molecular formula is C21H28N4O2S. The van der Waals surface area contributed by atoms with E-state index in [2.05, 4.69) is 38.5 Å². The number of thiophene rings is 1. The fourth-order valence-corrected chi connectivity index (χ4v) is 3.29. The number of ether oxygens (including phenoxy) is 1. The van der Waals surface area contributed by atoms with E-state index < -0.39 is 0 Å². The number of carbonyl (C=O) groups excluding carboxylic acids is 1. The van der Waals surface area contributed by atoms with Crippen LogP contribution in [0.5, 0.6) is 5.75 Å². The molecule has 6 nitrogen and oxygen atoms in total. The van der Waals surface area contributed by atoms with Crippen LogP contribution in [-0.4, -0.2) is 37.1 Å². The van der Waals surface area contributed by atoms with Crippen LogP contribution in [-0.2, 0) is 11.2 Å². The zero-order valence-electron chi connectivity index (χ0n) is 16.4. The average molecular weight is 401 g/mol. The van der Waals surface area contributed by atoms with Gasteiger partial charge in [0.05, 0.1) is 6.10 Å². The molecule has 0 spiro atoms. The SMILES string of the molecule is CC(C)Oc1ccc(NC(=NCC(=O)NC2CC2)NCCc2cccs2)cc1. The van der Waals surface area contributed by atoms with Crippen molar-refractivity contribution >= 4 is 28.9 Å². The van der Waals surface area contributed by atoms with Crippen molar-refractivity contribution in [3.05, 3.63) is 46.7 Å². The molecule has 2 aromatic rings. The Hall–Kier alpha value is -2.54. The van der Waals surface area contributed by atoms with Crippen LogP contribution in [0.1, 0.15) is 31.6 Å². The van der Waals surface area contributed by atoms with Crippen molar-refractivity contribution in [2.75, 3.05) is 18.4 Å². The number of nitrogens with zero attached hydrogens (tertiary/aromatic N) is 1. The molecule has 0 atom stereocenters. The number of benzene rings is 1. The molecule has 0 saturated heterocycles. The molecule has 150 valence electrons. The summed E-state index contributed by atoms with van der Waals surface area (Å²) in [6.07, 6.45) is 3.20. The quantitative estimate of drug-likeness (QED) is 0.445. The number of guanidine groups is 1. The Morgan fingerprint density at radius 3 is 2.68 bits per heavy atom. The Morgan fingerprint density at radius 1 is 1.25 bits per heavy atom. The highest BCUT2D eigenvalue weighted by Crippen LogP contribution is 2.18. The molecule has 1 aromatic heterocycles. The second-order valence-corrected chi connectivity index (χ2v) is 8.11. The van der Waals surface area contributed by atoms with Crippen LogP contribution in [0.3, 0.4) is 0 Å². The van der Waals surface area contributed by atoms with Crippen LogP contribution in [0.2, 0.25) is 0 Å². The second kappa shape index (κ2) is 10.1. The maximum Gasteiger partial charge on any atom is 0.242 e. The van der Waals surface area contributed by atoms with Gasteiger partial charge in [0, 0.05) is 23.2 Å². The molecule has 1 heterocycles. The zero-order valence-corrected chi connectivity index (χ0v) is 17.2. The predicted octanol–water partition coefficient (Wildman–Crippen LogP) is 3.41. The van der Waals surface area contributed by atoms with Crippen LogP contribution >= 0.6 is 11.3 Å². The van der Waals surface area contributed by atoms with E-state index in [0.717, 1.165) is 37.2 Å². The van der Waals surface area contributed by atoms with Crippen molar-refractivity contribution in [1.82, 2.24) is 10.6 Å². The topological polar surface area (TPSA) is 74.8 Å². The Kier molecular flexibility index (Phi) is 7.31. The van der Waals surface area contributed by atoms with Crippen LogP contribution in [0.15, 0.2) is 46.8 Å². The number of aliphatic imine (C=N–C) groups is 1. The van der Waals surface area contributed by atoms with Crippen molar-refractivity contribution < 1.29 is 9.53 Å². The van der Waals surface area contributed by atoms with Gasteiger partial charge in [0.15, 0.2) is 5.96 Å². The molecule has 0 aliphatic heterocycles. The van der Waals surface area contributed by atoms with Gasteiger partial charge in [-0.3, -0.25) is 4.79 Å². The first-order valence-corrected chi connectivity index (χ1v) is 10.6. The largest absolute Gasteiger partial charge is 0.491 e. The van der Waals surface area contributed by atoms with Gasteiger partial charge in [-0.2, -0.15) is 0 Å². The van der Waals surface area contributed by atoms with Gasteiger partial charge in [0.1, 0.15) is 12.3 Å². The van der Waals surface area contributed by atoms with Crippen molar-refractivity contribution in [2.24, 2.45) is 4.99 Å². The van der Waals surface area contributed by atoms with Crippen molar-refractivity contribution in [1.29, 1.82) is 0 Å². The lowest BCUT2D eigenvalue weighted by atomic mass is 10.3. The normalized spacial score (nSPS) is 14.0. The molecule has 0 radical (unpaired) electrons. The Morgan fingerprint density at radius 2 is 2.04 bits per heavy atom. The summed E-state index contributed by atoms with van der Waals surface area (Å²) in [7, 11) is 0. The summed E-state index contributed by atoms with van der Waals surface area (Å²) in [5.74, 6) is 1.39. The minimum Gasteiger partial charge on any atom is -0.491 e. The fraction of sp³-hybridized carbons (Fsp3) is 0.429. The summed E-state index contributed by atoms with van der Waals surface area (Å²) in [5.41, 5.74) is 0.890. The summed E-state index contributed by atoms with van der Waals surface area (Å²) < 4.78 is 5.68. The van der Waals surface area contributed by atoms with Gasteiger partial charge in [-0.1, -0.05) is 6.07 Å². The molecule has 0 bridgehead atoms. The molecule has 28 heavy (non-hydrogen) atoms. The third-order valence-corrected chi connectivity index (χ3v) is 4.99.